The third-order valence-corrected chi connectivity index (χ3v) is 15.3. The van der Waals surface area contributed by atoms with Gasteiger partial charge in [0.2, 0.25) is 0 Å². The SMILES string of the molecule is c1ccc(-c2cc3cccc4ccc5c(-c6cccc7c6ccc6ccccc67)c(-c6cccc7cc8ccccc8cc67)c(-c6ccc7ccccc7c6-c6cccc7ccccc67)c2c5c43)cc1. The van der Waals surface area contributed by atoms with E-state index in [1.165, 1.54) is 153 Å². The molecule has 0 heteroatoms. The lowest BCUT2D eigenvalue weighted by molar-refractivity contribution is 1.62. The smallest absolute Gasteiger partial charge is 0.000696 e. The lowest BCUT2D eigenvalue weighted by Crippen LogP contribution is -2.00. The maximum absolute atomic E-state index is 2.48. The largest absolute Gasteiger partial charge is 0.0622 e. The summed E-state index contributed by atoms with van der Waals surface area (Å²) in [6.07, 6.45) is 0. The summed E-state index contributed by atoms with van der Waals surface area (Å²) in [5.41, 5.74) is 12.3. The van der Waals surface area contributed by atoms with Crippen molar-refractivity contribution in [1.29, 1.82) is 0 Å². The minimum Gasteiger partial charge on any atom is -0.0622 e. The Kier molecular flexibility index (Phi) is 8.46. The normalized spacial score (nSPS) is 12.0. The molecule has 0 spiro atoms. The molecule has 0 aliphatic heterocycles. The van der Waals surface area contributed by atoms with Crippen LogP contribution >= 0.6 is 0 Å². The highest BCUT2D eigenvalue weighted by Gasteiger charge is 2.30. The zero-order valence-corrected chi connectivity index (χ0v) is 38.2. The van der Waals surface area contributed by atoms with Gasteiger partial charge in [0, 0.05) is 0 Å². The van der Waals surface area contributed by atoms with Crippen LogP contribution in [0.25, 0.3) is 153 Å². The van der Waals surface area contributed by atoms with Gasteiger partial charge in [-0.15, -0.1) is 0 Å². The van der Waals surface area contributed by atoms with Crippen LogP contribution < -0.4 is 0 Å². The maximum Gasteiger partial charge on any atom is -0.000696 e. The summed E-state index contributed by atoms with van der Waals surface area (Å²) in [4.78, 5) is 0. The molecule has 0 bridgehead atoms. The Morgan fingerprint density at radius 3 is 1.47 bits per heavy atom. The average molecular weight is 883 g/mol. The van der Waals surface area contributed by atoms with Gasteiger partial charge in [-0.25, -0.2) is 0 Å². The molecule has 0 heterocycles. The van der Waals surface area contributed by atoms with Crippen LogP contribution in [0.4, 0.5) is 0 Å². The van der Waals surface area contributed by atoms with Crippen LogP contribution in [-0.2, 0) is 0 Å². The highest BCUT2D eigenvalue weighted by Crippen LogP contribution is 2.57. The van der Waals surface area contributed by atoms with Gasteiger partial charge in [0.05, 0.1) is 0 Å². The van der Waals surface area contributed by atoms with Gasteiger partial charge in [-0.05, 0) is 171 Å². The molecule has 0 unspecified atom stereocenters. The number of benzene rings is 15. The second-order valence-corrected chi connectivity index (χ2v) is 19.0. The molecule has 0 saturated heterocycles. The van der Waals surface area contributed by atoms with Crippen molar-refractivity contribution >= 4 is 97.0 Å². The molecular formula is C70H42. The first-order valence-electron chi connectivity index (χ1n) is 24.4. The first-order valence-corrected chi connectivity index (χ1v) is 24.4. The van der Waals surface area contributed by atoms with Gasteiger partial charge in [0.1, 0.15) is 0 Å². The quantitative estimate of drug-likeness (QED) is 0.119. The Morgan fingerprint density at radius 1 is 0.157 bits per heavy atom. The minimum atomic E-state index is 1.20. The Labute approximate surface area is 405 Å². The second kappa shape index (κ2) is 15.2. The zero-order chi connectivity index (χ0) is 45.9. The monoisotopic (exact) mass is 882 g/mol. The van der Waals surface area contributed by atoms with Crippen LogP contribution in [0, 0.1) is 0 Å². The van der Waals surface area contributed by atoms with E-state index in [9.17, 15) is 0 Å². The third kappa shape index (κ3) is 5.71. The lowest BCUT2D eigenvalue weighted by Gasteiger charge is -2.28. The molecule has 0 atom stereocenters. The predicted molar refractivity (Wildman–Crippen MR) is 302 cm³/mol. The van der Waals surface area contributed by atoms with Crippen molar-refractivity contribution < 1.29 is 0 Å². The van der Waals surface area contributed by atoms with E-state index in [0.717, 1.165) is 0 Å². The van der Waals surface area contributed by atoms with Gasteiger partial charge < -0.3 is 0 Å². The fraction of sp³-hybridized carbons (Fsp3) is 0. The fourth-order valence-corrected chi connectivity index (χ4v) is 12.3. The minimum absolute atomic E-state index is 1.20. The van der Waals surface area contributed by atoms with Crippen molar-refractivity contribution in [2.75, 3.05) is 0 Å². The van der Waals surface area contributed by atoms with Crippen LogP contribution in [0.2, 0.25) is 0 Å². The molecule has 0 aromatic heterocycles. The van der Waals surface area contributed by atoms with E-state index in [4.69, 9.17) is 0 Å². The molecule has 0 fully saturated rings. The molecule has 15 aromatic rings. The van der Waals surface area contributed by atoms with Gasteiger partial charge in [0.25, 0.3) is 0 Å². The summed E-state index contributed by atoms with van der Waals surface area (Å²) in [6.45, 7) is 0. The van der Waals surface area contributed by atoms with Gasteiger partial charge in [-0.3, -0.25) is 0 Å². The topological polar surface area (TPSA) is 0 Å². The van der Waals surface area contributed by atoms with Crippen molar-refractivity contribution in [2.45, 2.75) is 0 Å². The molecule has 0 radical (unpaired) electrons. The molecule has 70 heavy (non-hydrogen) atoms. The van der Waals surface area contributed by atoms with E-state index in [2.05, 4.69) is 255 Å². The van der Waals surface area contributed by atoms with Crippen molar-refractivity contribution in [3.05, 3.63) is 255 Å². The van der Waals surface area contributed by atoms with E-state index in [1.807, 2.05) is 0 Å². The Hall–Kier alpha value is -9.10. The van der Waals surface area contributed by atoms with Gasteiger partial charge in [0.15, 0.2) is 0 Å². The highest BCUT2D eigenvalue weighted by molar-refractivity contribution is 6.36. The van der Waals surface area contributed by atoms with Crippen LogP contribution in [0.1, 0.15) is 0 Å². The Balaban J connectivity index is 1.26. The van der Waals surface area contributed by atoms with Crippen LogP contribution in [0.15, 0.2) is 255 Å². The van der Waals surface area contributed by atoms with Crippen LogP contribution in [-0.4, -0.2) is 0 Å². The number of hydrogen-bond acceptors (Lipinski definition) is 0. The molecule has 0 aliphatic rings. The van der Waals surface area contributed by atoms with Gasteiger partial charge in [-0.1, -0.05) is 237 Å². The first kappa shape index (κ1) is 38.9. The fourth-order valence-electron chi connectivity index (χ4n) is 12.3. The molecule has 0 N–H and O–H groups in total. The molecule has 0 aliphatic carbocycles. The van der Waals surface area contributed by atoms with Crippen molar-refractivity contribution in [2.24, 2.45) is 0 Å². The molecule has 322 valence electrons. The molecular weight excluding hydrogens is 841 g/mol. The third-order valence-electron chi connectivity index (χ3n) is 15.3. The number of fused-ring (bicyclic) bond motifs is 7. The molecule has 0 amide bonds. The number of rotatable bonds is 5. The van der Waals surface area contributed by atoms with E-state index in [1.54, 1.807) is 0 Å². The summed E-state index contributed by atoms with van der Waals surface area (Å²) >= 11 is 0. The lowest BCUT2D eigenvalue weighted by atomic mass is 9.74. The Bertz CT molecular complexity index is 4630. The standard InChI is InChI=1S/C70H42/c1-2-16-44(17-3-1)63-42-51-26-12-24-47-36-39-61-66(58-33-15-30-55-52-27-9-7-19-45(52)34-37-56(55)58)67(59-32-14-25-50-40-48-21-4-5-22-49(48)41-62(50)59)69(70(63)68(61)64(47)51)60-38-35-46-20-8-11-29-54(46)65(60)57-31-13-23-43-18-6-10-28-53(43)57/h1-42H. The summed E-state index contributed by atoms with van der Waals surface area (Å²) in [7, 11) is 0. The zero-order valence-electron chi connectivity index (χ0n) is 38.2. The summed E-state index contributed by atoms with van der Waals surface area (Å²) in [5, 5.41) is 22.4. The molecule has 15 rings (SSSR count). The highest BCUT2D eigenvalue weighted by atomic mass is 14.3. The average Bonchev–Trinajstić information content (AvgIpc) is 3.43. The summed E-state index contributed by atoms with van der Waals surface area (Å²) in [6, 6.07) is 96.0. The maximum atomic E-state index is 2.48. The molecule has 15 aromatic carbocycles. The van der Waals surface area contributed by atoms with Crippen LogP contribution in [0.3, 0.4) is 0 Å². The van der Waals surface area contributed by atoms with Crippen LogP contribution in [0.5, 0.6) is 0 Å². The van der Waals surface area contributed by atoms with E-state index in [0.29, 0.717) is 0 Å². The van der Waals surface area contributed by atoms with Gasteiger partial charge in [-0.2, -0.15) is 0 Å². The van der Waals surface area contributed by atoms with Gasteiger partial charge >= 0.3 is 0 Å². The second-order valence-electron chi connectivity index (χ2n) is 19.0. The Morgan fingerprint density at radius 2 is 0.671 bits per heavy atom. The molecule has 0 nitrogen and oxygen atoms in total. The van der Waals surface area contributed by atoms with E-state index in [-0.39, 0.29) is 0 Å². The number of hydrogen-bond donors (Lipinski definition) is 0. The van der Waals surface area contributed by atoms with E-state index >= 15 is 0 Å². The molecule has 0 saturated carbocycles. The summed E-state index contributed by atoms with van der Waals surface area (Å²) < 4.78 is 0. The van der Waals surface area contributed by atoms with Crippen molar-refractivity contribution in [3.63, 3.8) is 0 Å². The van der Waals surface area contributed by atoms with Crippen molar-refractivity contribution in [1.82, 2.24) is 0 Å². The van der Waals surface area contributed by atoms with Crippen molar-refractivity contribution in [3.8, 4) is 55.6 Å². The van der Waals surface area contributed by atoms with E-state index < -0.39 is 0 Å². The first-order chi connectivity index (χ1) is 34.7. The predicted octanol–water partition coefficient (Wildman–Crippen LogP) is 19.8. The summed E-state index contributed by atoms with van der Waals surface area (Å²) in [5.74, 6) is 0.